The van der Waals surface area contributed by atoms with Crippen molar-refractivity contribution in [2.45, 2.75) is 6.54 Å². The molecule has 4 heteroatoms. The van der Waals surface area contributed by atoms with Crippen molar-refractivity contribution in [2.24, 2.45) is 5.73 Å². The monoisotopic (exact) mass is 254 g/mol. The second-order valence-corrected chi connectivity index (χ2v) is 4.26. The molecule has 0 saturated heterocycles. The Bertz CT molecular complexity index is 719. The first-order chi connectivity index (χ1) is 9.30. The van der Waals surface area contributed by atoms with Crippen LogP contribution in [0.2, 0.25) is 0 Å². The van der Waals surface area contributed by atoms with Crippen LogP contribution < -0.4 is 10.5 Å². The van der Waals surface area contributed by atoms with Crippen LogP contribution in [-0.2, 0) is 6.54 Å². The maximum absolute atomic E-state index is 5.76. The van der Waals surface area contributed by atoms with Crippen molar-refractivity contribution in [1.29, 1.82) is 0 Å². The first kappa shape index (κ1) is 11.7. The number of hydrogen-bond acceptors (Lipinski definition) is 4. The summed E-state index contributed by atoms with van der Waals surface area (Å²) < 4.78 is 10.9. The number of oxazole rings is 1. The maximum Gasteiger partial charge on any atom is 0.227 e. The molecule has 0 saturated carbocycles. The summed E-state index contributed by atoms with van der Waals surface area (Å²) in [5.74, 6) is 1.35. The largest absolute Gasteiger partial charge is 0.497 e. The van der Waals surface area contributed by atoms with Crippen molar-refractivity contribution in [1.82, 2.24) is 4.98 Å². The molecule has 2 N–H and O–H groups in total. The minimum atomic E-state index is 0.502. The van der Waals surface area contributed by atoms with E-state index in [1.807, 2.05) is 42.5 Å². The molecule has 3 aromatic rings. The Kier molecular flexibility index (Phi) is 2.93. The van der Waals surface area contributed by atoms with E-state index in [0.717, 1.165) is 22.4 Å². The second kappa shape index (κ2) is 4.74. The van der Waals surface area contributed by atoms with E-state index in [9.17, 15) is 0 Å². The molecule has 0 aliphatic carbocycles. The van der Waals surface area contributed by atoms with E-state index in [2.05, 4.69) is 4.98 Å². The van der Waals surface area contributed by atoms with Gasteiger partial charge in [0.1, 0.15) is 11.3 Å². The van der Waals surface area contributed by atoms with Crippen LogP contribution >= 0.6 is 0 Å². The van der Waals surface area contributed by atoms with Gasteiger partial charge in [0.05, 0.1) is 7.11 Å². The third kappa shape index (κ3) is 2.18. The summed E-state index contributed by atoms with van der Waals surface area (Å²) in [7, 11) is 1.63. The standard InChI is InChI=1S/C15H14N2O2/c1-18-12-5-6-13-14(8-12)19-15(17-13)11-4-2-3-10(7-11)9-16/h2-8H,9,16H2,1H3. The first-order valence-electron chi connectivity index (χ1n) is 6.04. The van der Waals surface area contributed by atoms with Crippen molar-refractivity contribution in [3.63, 3.8) is 0 Å². The van der Waals surface area contributed by atoms with Gasteiger partial charge in [-0.2, -0.15) is 0 Å². The summed E-state index contributed by atoms with van der Waals surface area (Å²) in [6.07, 6.45) is 0. The Hall–Kier alpha value is -2.33. The quantitative estimate of drug-likeness (QED) is 0.780. The summed E-state index contributed by atoms with van der Waals surface area (Å²) >= 11 is 0. The van der Waals surface area contributed by atoms with Crippen LogP contribution in [-0.4, -0.2) is 12.1 Å². The molecule has 0 aliphatic rings. The third-order valence-corrected chi connectivity index (χ3v) is 3.01. The van der Waals surface area contributed by atoms with Crippen molar-refractivity contribution >= 4 is 11.1 Å². The number of nitrogens with two attached hydrogens (primary N) is 1. The number of aromatic nitrogens is 1. The molecule has 0 radical (unpaired) electrons. The van der Waals surface area contributed by atoms with E-state index in [1.54, 1.807) is 7.11 Å². The molecule has 0 amide bonds. The summed E-state index contributed by atoms with van der Waals surface area (Å²) in [6.45, 7) is 0.502. The molecule has 19 heavy (non-hydrogen) atoms. The highest BCUT2D eigenvalue weighted by Gasteiger charge is 2.09. The number of methoxy groups -OCH3 is 1. The fourth-order valence-corrected chi connectivity index (χ4v) is 1.99. The minimum Gasteiger partial charge on any atom is -0.497 e. The number of hydrogen-bond donors (Lipinski definition) is 1. The zero-order valence-corrected chi connectivity index (χ0v) is 10.6. The molecule has 96 valence electrons. The molecule has 2 aromatic carbocycles. The SMILES string of the molecule is COc1ccc2nc(-c3cccc(CN)c3)oc2c1. The van der Waals surface area contributed by atoms with Gasteiger partial charge in [-0.15, -0.1) is 0 Å². The van der Waals surface area contributed by atoms with Crippen LogP contribution in [0.1, 0.15) is 5.56 Å². The average molecular weight is 254 g/mol. The predicted molar refractivity (Wildman–Crippen MR) is 73.9 cm³/mol. The molecule has 0 atom stereocenters. The van der Waals surface area contributed by atoms with Crippen LogP contribution in [0.5, 0.6) is 5.75 Å². The Balaban J connectivity index is 2.09. The zero-order valence-electron chi connectivity index (χ0n) is 10.6. The van der Waals surface area contributed by atoms with E-state index < -0.39 is 0 Å². The van der Waals surface area contributed by atoms with Crippen LogP contribution in [0, 0.1) is 0 Å². The van der Waals surface area contributed by atoms with E-state index in [0.29, 0.717) is 18.0 Å². The summed E-state index contributed by atoms with van der Waals surface area (Å²) in [4.78, 5) is 4.47. The zero-order chi connectivity index (χ0) is 13.2. The smallest absolute Gasteiger partial charge is 0.227 e. The molecule has 0 spiro atoms. The molecular weight excluding hydrogens is 240 g/mol. The van der Waals surface area contributed by atoms with Crippen LogP contribution in [0.25, 0.3) is 22.6 Å². The normalized spacial score (nSPS) is 10.8. The molecule has 4 nitrogen and oxygen atoms in total. The highest BCUT2D eigenvalue weighted by Crippen LogP contribution is 2.27. The Morgan fingerprint density at radius 1 is 1.21 bits per heavy atom. The van der Waals surface area contributed by atoms with Crippen molar-refractivity contribution in [3.8, 4) is 17.2 Å². The lowest BCUT2D eigenvalue weighted by molar-refractivity contribution is 0.414. The molecule has 1 aromatic heterocycles. The van der Waals surface area contributed by atoms with Gasteiger partial charge < -0.3 is 14.9 Å². The fourth-order valence-electron chi connectivity index (χ4n) is 1.99. The third-order valence-electron chi connectivity index (χ3n) is 3.01. The lowest BCUT2D eigenvalue weighted by Gasteiger charge is -1.98. The van der Waals surface area contributed by atoms with Crippen molar-refractivity contribution < 1.29 is 9.15 Å². The molecule has 0 unspecified atom stereocenters. The van der Waals surface area contributed by atoms with Gasteiger partial charge in [-0.05, 0) is 29.8 Å². The molecule has 0 bridgehead atoms. The van der Waals surface area contributed by atoms with E-state index in [-0.39, 0.29) is 0 Å². The summed E-state index contributed by atoms with van der Waals surface area (Å²) in [5, 5.41) is 0. The molecule has 3 rings (SSSR count). The molecule has 0 aliphatic heterocycles. The van der Waals surface area contributed by atoms with Gasteiger partial charge in [0.25, 0.3) is 0 Å². The lowest BCUT2D eigenvalue weighted by Crippen LogP contribution is -1.95. The van der Waals surface area contributed by atoms with E-state index >= 15 is 0 Å². The number of fused-ring (bicyclic) bond motifs is 1. The van der Waals surface area contributed by atoms with Crippen molar-refractivity contribution in [3.05, 3.63) is 48.0 Å². The first-order valence-corrected chi connectivity index (χ1v) is 6.04. The average Bonchev–Trinajstić information content (AvgIpc) is 2.90. The number of nitrogens with zero attached hydrogens (tertiary/aromatic N) is 1. The Morgan fingerprint density at radius 3 is 2.89 bits per heavy atom. The van der Waals surface area contributed by atoms with E-state index in [4.69, 9.17) is 14.9 Å². The number of benzene rings is 2. The minimum absolute atomic E-state index is 0.502. The van der Waals surface area contributed by atoms with Crippen LogP contribution in [0.3, 0.4) is 0 Å². The lowest BCUT2D eigenvalue weighted by atomic mass is 10.1. The van der Waals surface area contributed by atoms with Gasteiger partial charge in [0.15, 0.2) is 5.58 Å². The van der Waals surface area contributed by atoms with Gasteiger partial charge in [-0.25, -0.2) is 4.98 Å². The van der Waals surface area contributed by atoms with Crippen molar-refractivity contribution in [2.75, 3.05) is 7.11 Å². The number of rotatable bonds is 3. The summed E-state index contributed by atoms with van der Waals surface area (Å²) in [5.41, 5.74) is 9.15. The fraction of sp³-hybridized carbons (Fsp3) is 0.133. The molecular formula is C15H14N2O2. The number of ether oxygens (including phenoxy) is 1. The summed E-state index contributed by atoms with van der Waals surface area (Å²) in [6, 6.07) is 13.5. The Labute approximate surface area is 110 Å². The highest BCUT2D eigenvalue weighted by molar-refractivity contribution is 5.77. The maximum atomic E-state index is 5.76. The predicted octanol–water partition coefficient (Wildman–Crippen LogP) is 2.96. The van der Waals surface area contributed by atoms with Crippen LogP contribution in [0.15, 0.2) is 46.9 Å². The Morgan fingerprint density at radius 2 is 2.11 bits per heavy atom. The topological polar surface area (TPSA) is 61.3 Å². The second-order valence-electron chi connectivity index (χ2n) is 4.26. The van der Waals surface area contributed by atoms with Gasteiger partial charge in [0.2, 0.25) is 5.89 Å². The molecule has 0 fully saturated rings. The highest BCUT2D eigenvalue weighted by atomic mass is 16.5. The van der Waals surface area contributed by atoms with Crippen LogP contribution in [0.4, 0.5) is 0 Å². The van der Waals surface area contributed by atoms with E-state index in [1.165, 1.54) is 0 Å². The van der Waals surface area contributed by atoms with Gasteiger partial charge in [0, 0.05) is 18.2 Å². The van der Waals surface area contributed by atoms with Gasteiger partial charge >= 0.3 is 0 Å². The molecule has 1 heterocycles. The van der Waals surface area contributed by atoms with Gasteiger partial charge in [-0.3, -0.25) is 0 Å². The van der Waals surface area contributed by atoms with Gasteiger partial charge in [-0.1, -0.05) is 12.1 Å².